The second kappa shape index (κ2) is 6.83. The highest BCUT2D eigenvalue weighted by Gasteiger charge is 2.15. The van der Waals surface area contributed by atoms with Crippen molar-refractivity contribution in [2.45, 2.75) is 6.42 Å². The molecule has 0 amide bonds. The van der Waals surface area contributed by atoms with Crippen LogP contribution in [0.5, 0.6) is 5.75 Å². The highest BCUT2D eigenvalue weighted by atomic mass is 16.5. The number of hydrogen-bond donors (Lipinski definition) is 1. The van der Waals surface area contributed by atoms with Crippen molar-refractivity contribution in [3.63, 3.8) is 0 Å². The lowest BCUT2D eigenvalue weighted by molar-refractivity contribution is 0.0663. The lowest BCUT2D eigenvalue weighted by atomic mass is 10.1. The van der Waals surface area contributed by atoms with Crippen LogP contribution in [0.2, 0.25) is 0 Å². The standard InChI is InChI=1S/C19H16O4/c20-19(21)18-17(10-12-23-18)15-7-4-8-16(13-15)22-11-9-14-5-2-1-3-6-14/h1-8,10,12-13H,9,11H2,(H,20,21). The van der Waals surface area contributed by atoms with Crippen molar-refractivity contribution in [3.05, 3.63) is 78.3 Å². The van der Waals surface area contributed by atoms with Gasteiger partial charge in [-0.3, -0.25) is 0 Å². The molecule has 116 valence electrons. The number of benzene rings is 2. The molecule has 0 saturated carbocycles. The Kier molecular flexibility index (Phi) is 4.43. The summed E-state index contributed by atoms with van der Waals surface area (Å²) in [5.74, 6) is -0.442. The summed E-state index contributed by atoms with van der Waals surface area (Å²) in [6.07, 6.45) is 2.19. The first kappa shape index (κ1) is 14.9. The molecule has 1 heterocycles. The van der Waals surface area contributed by atoms with Crippen molar-refractivity contribution < 1.29 is 19.1 Å². The summed E-state index contributed by atoms with van der Waals surface area (Å²) in [7, 11) is 0. The van der Waals surface area contributed by atoms with Crippen molar-refractivity contribution in [3.8, 4) is 16.9 Å². The maximum atomic E-state index is 11.1. The van der Waals surface area contributed by atoms with Gasteiger partial charge in [-0.25, -0.2) is 4.79 Å². The Bertz CT molecular complexity index is 790. The van der Waals surface area contributed by atoms with Crippen LogP contribution in [-0.4, -0.2) is 17.7 Å². The van der Waals surface area contributed by atoms with Crippen molar-refractivity contribution >= 4 is 5.97 Å². The Hall–Kier alpha value is -3.01. The predicted octanol–water partition coefficient (Wildman–Crippen LogP) is 4.27. The molecule has 0 saturated heterocycles. The highest BCUT2D eigenvalue weighted by molar-refractivity contribution is 5.93. The van der Waals surface area contributed by atoms with Crippen molar-refractivity contribution in [1.82, 2.24) is 0 Å². The summed E-state index contributed by atoms with van der Waals surface area (Å²) in [6.45, 7) is 0.560. The van der Waals surface area contributed by atoms with Gasteiger partial charge in [-0.05, 0) is 29.3 Å². The maximum absolute atomic E-state index is 11.1. The monoisotopic (exact) mass is 308 g/mol. The van der Waals surface area contributed by atoms with Gasteiger partial charge in [-0.2, -0.15) is 0 Å². The predicted molar refractivity (Wildman–Crippen MR) is 86.7 cm³/mol. The van der Waals surface area contributed by atoms with E-state index in [0.29, 0.717) is 17.9 Å². The first-order valence-electron chi connectivity index (χ1n) is 7.32. The van der Waals surface area contributed by atoms with Crippen LogP contribution in [0, 0.1) is 0 Å². The second-order valence-electron chi connectivity index (χ2n) is 5.08. The van der Waals surface area contributed by atoms with Crippen LogP contribution < -0.4 is 4.74 Å². The van der Waals surface area contributed by atoms with Crippen LogP contribution in [0.3, 0.4) is 0 Å². The van der Waals surface area contributed by atoms with E-state index in [1.54, 1.807) is 6.07 Å². The summed E-state index contributed by atoms with van der Waals surface area (Å²) >= 11 is 0. The number of carboxylic acid groups (broad SMARTS) is 1. The molecule has 0 fully saturated rings. The van der Waals surface area contributed by atoms with Crippen molar-refractivity contribution in [2.75, 3.05) is 6.61 Å². The highest BCUT2D eigenvalue weighted by Crippen LogP contribution is 2.28. The lowest BCUT2D eigenvalue weighted by Gasteiger charge is -2.08. The minimum atomic E-state index is -1.08. The van der Waals surface area contributed by atoms with E-state index >= 15 is 0 Å². The number of aromatic carboxylic acids is 1. The first-order valence-corrected chi connectivity index (χ1v) is 7.32. The molecular formula is C19H16O4. The van der Waals surface area contributed by atoms with Crippen LogP contribution >= 0.6 is 0 Å². The van der Waals surface area contributed by atoms with Gasteiger partial charge >= 0.3 is 5.97 Å². The van der Waals surface area contributed by atoms with Gasteiger partial charge in [0.25, 0.3) is 0 Å². The van der Waals surface area contributed by atoms with Gasteiger partial charge < -0.3 is 14.3 Å². The molecule has 0 aliphatic carbocycles. The van der Waals surface area contributed by atoms with Gasteiger partial charge in [-0.15, -0.1) is 0 Å². The average molecular weight is 308 g/mol. The molecule has 1 N–H and O–H groups in total. The Morgan fingerprint density at radius 3 is 2.65 bits per heavy atom. The minimum Gasteiger partial charge on any atom is -0.493 e. The second-order valence-corrected chi connectivity index (χ2v) is 5.08. The largest absolute Gasteiger partial charge is 0.493 e. The van der Waals surface area contributed by atoms with E-state index in [1.165, 1.54) is 11.8 Å². The molecule has 0 radical (unpaired) electrons. The van der Waals surface area contributed by atoms with Gasteiger partial charge in [0, 0.05) is 12.0 Å². The number of carbonyl (C=O) groups is 1. The van der Waals surface area contributed by atoms with Crippen LogP contribution in [-0.2, 0) is 6.42 Å². The van der Waals surface area contributed by atoms with E-state index in [9.17, 15) is 4.79 Å². The average Bonchev–Trinajstić information content (AvgIpc) is 3.06. The molecule has 2 aromatic carbocycles. The van der Waals surface area contributed by atoms with E-state index < -0.39 is 5.97 Å². The fourth-order valence-electron chi connectivity index (χ4n) is 2.39. The van der Waals surface area contributed by atoms with Gasteiger partial charge in [0.2, 0.25) is 5.76 Å². The quantitative estimate of drug-likeness (QED) is 0.739. The normalized spacial score (nSPS) is 10.4. The molecule has 0 aliphatic heterocycles. The molecular weight excluding hydrogens is 292 g/mol. The summed E-state index contributed by atoms with van der Waals surface area (Å²) in [6, 6.07) is 19.1. The fraction of sp³-hybridized carbons (Fsp3) is 0.105. The molecule has 0 spiro atoms. The maximum Gasteiger partial charge on any atom is 0.372 e. The fourth-order valence-corrected chi connectivity index (χ4v) is 2.39. The van der Waals surface area contributed by atoms with Gasteiger partial charge in [0.05, 0.1) is 12.9 Å². The van der Waals surface area contributed by atoms with Gasteiger partial charge in [0.1, 0.15) is 5.75 Å². The Balaban J connectivity index is 1.70. The summed E-state index contributed by atoms with van der Waals surface area (Å²) < 4.78 is 10.8. The Morgan fingerprint density at radius 2 is 1.87 bits per heavy atom. The zero-order valence-corrected chi connectivity index (χ0v) is 12.4. The molecule has 0 bridgehead atoms. The molecule has 0 aliphatic rings. The number of rotatable bonds is 6. The number of ether oxygens (including phenoxy) is 1. The SMILES string of the molecule is O=C(O)c1occc1-c1cccc(OCCc2ccccc2)c1. The molecule has 1 aromatic heterocycles. The number of furan rings is 1. The zero-order chi connectivity index (χ0) is 16.1. The summed E-state index contributed by atoms with van der Waals surface area (Å²) in [5, 5.41) is 9.13. The smallest absolute Gasteiger partial charge is 0.372 e. The van der Waals surface area contributed by atoms with E-state index in [1.807, 2.05) is 42.5 Å². The third kappa shape index (κ3) is 3.61. The van der Waals surface area contributed by atoms with E-state index in [4.69, 9.17) is 14.3 Å². The molecule has 3 aromatic rings. The summed E-state index contributed by atoms with van der Waals surface area (Å²) in [5.41, 5.74) is 2.52. The lowest BCUT2D eigenvalue weighted by Crippen LogP contribution is -2.01. The van der Waals surface area contributed by atoms with E-state index in [2.05, 4.69) is 12.1 Å². The van der Waals surface area contributed by atoms with Crippen LogP contribution in [0.4, 0.5) is 0 Å². The summed E-state index contributed by atoms with van der Waals surface area (Å²) in [4.78, 5) is 11.1. The number of hydrogen-bond acceptors (Lipinski definition) is 3. The Morgan fingerprint density at radius 1 is 1.04 bits per heavy atom. The minimum absolute atomic E-state index is 0.0635. The third-order valence-corrected chi connectivity index (χ3v) is 3.51. The molecule has 23 heavy (non-hydrogen) atoms. The third-order valence-electron chi connectivity index (χ3n) is 3.51. The van der Waals surface area contributed by atoms with E-state index in [0.717, 1.165) is 12.0 Å². The number of carboxylic acids is 1. The topological polar surface area (TPSA) is 59.7 Å². The molecule has 0 atom stereocenters. The van der Waals surface area contributed by atoms with Crippen LogP contribution in [0.15, 0.2) is 71.3 Å². The first-order chi connectivity index (χ1) is 11.2. The zero-order valence-electron chi connectivity index (χ0n) is 12.4. The van der Waals surface area contributed by atoms with Crippen LogP contribution in [0.25, 0.3) is 11.1 Å². The van der Waals surface area contributed by atoms with E-state index in [-0.39, 0.29) is 5.76 Å². The van der Waals surface area contributed by atoms with Gasteiger partial charge in [0.15, 0.2) is 0 Å². The van der Waals surface area contributed by atoms with Crippen LogP contribution in [0.1, 0.15) is 16.1 Å². The molecule has 0 unspecified atom stereocenters. The van der Waals surface area contributed by atoms with Gasteiger partial charge in [-0.1, -0.05) is 42.5 Å². The Labute approximate surface area is 134 Å². The van der Waals surface area contributed by atoms with Crippen molar-refractivity contribution in [2.24, 2.45) is 0 Å². The molecule has 3 rings (SSSR count). The molecule has 4 nitrogen and oxygen atoms in total. The van der Waals surface area contributed by atoms with Crippen molar-refractivity contribution in [1.29, 1.82) is 0 Å². The molecule has 4 heteroatoms.